The molecule has 0 fully saturated rings. The molecule has 3 aromatic rings. The average Bonchev–Trinajstić information content (AvgIpc) is 3.12. The minimum Gasteiger partial charge on any atom is -0.331 e. The first-order chi connectivity index (χ1) is 13.4. The second-order valence-corrected chi connectivity index (χ2v) is 7.40. The third-order valence-electron chi connectivity index (χ3n) is 3.92. The molecule has 0 unspecified atom stereocenters. The Kier molecular flexibility index (Phi) is 6.32. The number of amides is 1. The van der Waals surface area contributed by atoms with Gasteiger partial charge in [-0.25, -0.2) is 0 Å². The van der Waals surface area contributed by atoms with E-state index in [4.69, 9.17) is 12.2 Å². The van der Waals surface area contributed by atoms with E-state index in [9.17, 15) is 4.79 Å². The minimum absolute atomic E-state index is 0.0945. The molecule has 0 atom stereocenters. The zero-order valence-electron chi connectivity index (χ0n) is 15.2. The molecule has 0 aliphatic heterocycles. The number of benzene rings is 2. The van der Waals surface area contributed by atoms with Crippen molar-refractivity contribution in [3.05, 3.63) is 58.1 Å². The van der Waals surface area contributed by atoms with E-state index in [0.717, 1.165) is 21.3 Å². The fourth-order valence-electron chi connectivity index (χ4n) is 2.30. The maximum atomic E-state index is 12.1. The molecule has 0 radical (unpaired) electrons. The average molecular weight is 460 g/mol. The molecular weight excluding hydrogens is 442 g/mol. The smallest absolute Gasteiger partial charge is 0.262 e. The molecule has 0 spiro atoms. The van der Waals surface area contributed by atoms with Crippen molar-refractivity contribution in [3.8, 4) is 11.4 Å². The molecule has 0 aliphatic carbocycles. The number of anilines is 1. The van der Waals surface area contributed by atoms with Crippen LogP contribution in [-0.4, -0.2) is 31.2 Å². The lowest BCUT2D eigenvalue weighted by Gasteiger charge is -2.12. The van der Waals surface area contributed by atoms with Gasteiger partial charge < -0.3 is 5.32 Å². The van der Waals surface area contributed by atoms with E-state index in [-0.39, 0.29) is 17.6 Å². The van der Waals surface area contributed by atoms with Gasteiger partial charge >= 0.3 is 0 Å². The quantitative estimate of drug-likeness (QED) is 0.407. The molecule has 8 nitrogen and oxygen atoms in total. The highest BCUT2D eigenvalue weighted by Crippen LogP contribution is 2.17. The van der Waals surface area contributed by atoms with Crippen molar-refractivity contribution in [2.75, 3.05) is 5.32 Å². The first-order valence-corrected chi connectivity index (χ1v) is 9.57. The maximum absolute atomic E-state index is 12.1. The van der Waals surface area contributed by atoms with Gasteiger partial charge in [0, 0.05) is 15.7 Å². The summed E-state index contributed by atoms with van der Waals surface area (Å²) in [5.74, 6) is 0.0872. The Morgan fingerprint density at radius 2 is 1.86 bits per heavy atom. The minimum atomic E-state index is -0.357. The Morgan fingerprint density at radius 1 is 1.11 bits per heavy atom. The molecule has 1 heterocycles. The van der Waals surface area contributed by atoms with Crippen LogP contribution in [-0.2, 0) is 11.3 Å². The van der Waals surface area contributed by atoms with Crippen LogP contribution in [0.15, 0.2) is 46.9 Å². The molecule has 0 saturated heterocycles. The van der Waals surface area contributed by atoms with Crippen molar-refractivity contribution in [1.29, 1.82) is 0 Å². The summed E-state index contributed by atoms with van der Waals surface area (Å²) < 4.78 is 0.958. The molecule has 10 heteroatoms. The van der Waals surface area contributed by atoms with Crippen molar-refractivity contribution in [2.45, 2.75) is 20.4 Å². The number of thiocarbonyl (C=S) groups is 1. The van der Waals surface area contributed by atoms with Gasteiger partial charge in [-0.2, -0.15) is 4.80 Å². The highest BCUT2D eigenvalue weighted by molar-refractivity contribution is 9.10. The largest absolute Gasteiger partial charge is 0.331 e. The predicted molar refractivity (Wildman–Crippen MR) is 114 cm³/mol. The molecule has 28 heavy (non-hydrogen) atoms. The highest BCUT2D eigenvalue weighted by atomic mass is 79.9. The van der Waals surface area contributed by atoms with Gasteiger partial charge in [0.25, 0.3) is 5.91 Å². The highest BCUT2D eigenvalue weighted by Gasteiger charge is 2.09. The summed E-state index contributed by atoms with van der Waals surface area (Å²) in [5.41, 5.74) is 9.16. The molecule has 3 N–H and O–H groups in total. The Hall–Kier alpha value is -2.85. The first-order valence-electron chi connectivity index (χ1n) is 8.37. The second kappa shape index (κ2) is 8.89. The lowest BCUT2D eigenvalue weighted by molar-refractivity contribution is -0.122. The molecule has 2 aromatic carbocycles. The van der Waals surface area contributed by atoms with Crippen LogP contribution in [0.25, 0.3) is 11.4 Å². The summed E-state index contributed by atoms with van der Waals surface area (Å²) in [4.78, 5) is 13.3. The van der Waals surface area contributed by atoms with Crippen LogP contribution in [0.5, 0.6) is 0 Å². The van der Waals surface area contributed by atoms with E-state index >= 15 is 0 Å². The number of carbonyl (C=O) groups is 1. The number of nitrogens with zero attached hydrogens (tertiary/aromatic N) is 4. The number of aromatic nitrogens is 4. The summed E-state index contributed by atoms with van der Waals surface area (Å²) in [7, 11) is 0. The monoisotopic (exact) mass is 459 g/mol. The van der Waals surface area contributed by atoms with E-state index in [1.807, 2.05) is 56.3 Å². The normalized spacial score (nSPS) is 10.4. The topological polar surface area (TPSA) is 96.8 Å². The molecule has 0 saturated carbocycles. The van der Waals surface area contributed by atoms with Gasteiger partial charge in [0.15, 0.2) is 5.11 Å². The van der Waals surface area contributed by atoms with Gasteiger partial charge in [0.1, 0.15) is 6.54 Å². The summed E-state index contributed by atoms with van der Waals surface area (Å²) in [6.07, 6.45) is 0. The number of hydrogen-bond acceptors (Lipinski definition) is 5. The molecule has 0 bridgehead atoms. The van der Waals surface area contributed by atoms with Crippen LogP contribution >= 0.6 is 28.1 Å². The van der Waals surface area contributed by atoms with E-state index < -0.39 is 0 Å². The van der Waals surface area contributed by atoms with Crippen molar-refractivity contribution in [2.24, 2.45) is 0 Å². The fourth-order valence-corrected chi connectivity index (χ4v) is 2.73. The third-order valence-corrected chi connectivity index (χ3v) is 4.65. The number of tetrazole rings is 1. The number of rotatable bonds is 4. The number of hydrogen-bond donors (Lipinski definition) is 3. The van der Waals surface area contributed by atoms with Crippen LogP contribution in [0, 0.1) is 13.8 Å². The second-order valence-electron chi connectivity index (χ2n) is 6.08. The Bertz CT molecular complexity index is 1000. The van der Waals surface area contributed by atoms with E-state index in [1.165, 1.54) is 10.4 Å². The van der Waals surface area contributed by atoms with E-state index in [0.29, 0.717) is 5.82 Å². The van der Waals surface area contributed by atoms with Gasteiger partial charge in [-0.05, 0) is 78.8 Å². The molecule has 3 rings (SSSR count). The first kappa shape index (κ1) is 19.9. The van der Waals surface area contributed by atoms with Crippen LogP contribution in [0.2, 0.25) is 0 Å². The molecular formula is C18H18BrN7OS. The standard InChI is InChI=1S/C18H18BrN7OS/c1-11-3-8-15(9-12(11)2)20-18(28)23-21-16(27)10-26-24-17(22-25-26)13-4-6-14(19)7-5-13/h3-9H,10H2,1-2H3,(H,21,27)(H2,20,23,28). The summed E-state index contributed by atoms with van der Waals surface area (Å²) in [6.45, 7) is 3.96. The lowest BCUT2D eigenvalue weighted by atomic mass is 10.1. The third kappa shape index (κ3) is 5.33. The van der Waals surface area contributed by atoms with Gasteiger partial charge in [-0.3, -0.25) is 15.6 Å². The maximum Gasteiger partial charge on any atom is 0.262 e. The summed E-state index contributed by atoms with van der Waals surface area (Å²) in [6, 6.07) is 13.4. The fraction of sp³-hybridized carbons (Fsp3) is 0.167. The SMILES string of the molecule is Cc1ccc(NC(=S)NNC(=O)Cn2nnc(-c3ccc(Br)cc3)n2)cc1C. The zero-order valence-corrected chi connectivity index (χ0v) is 17.6. The van der Waals surface area contributed by atoms with Crippen LogP contribution in [0.4, 0.5) is 5.69 Å². The predicted octanol–water partition coefficient (Wildman–Crippen LogP) is 2.74. The Balaban J connectivity index is 1.49. The van der Waals surface area contributed by atoms with Crippen LogP contribution in [0.1, 0.15) is 11.1 Å². The van der Waals surface area contributed by atoms with Crippen molar-refractivity contribution >= 4 is 44.9 Å². The summed E-state index contributed by atoms with van der Waals surface area (Å²) >= 11 is 8.56. The van der Waals surface area contributed by atoms with Gasteiger partial charge in [-0.1, -0.05) is 22.0 Å². The summed E-state index contributed by atoms with van der Waals surface area (Å²) in [5, 5.41) is 15.4. The van der Waals surface area contributed by atoms with Crippen molar-refractivity contribution < 1.29 is 4.79 Å². The Labute approximate surface area is 175 Å². The number of halogens is 1. The van der Waals surface area contributed by atoms with Gasteiger partial charge in [-0.15, -0.1) is 10.2 Å². The van der Waals surface area contributed by atoms with Gasteiger partial charge in [0.2, 0.25) is 5.82 Å². The lowest BCUT2D eigenvalue weighted by Crippen LogP contribution is -2.45. The number of nitrogens with one attached hydrogen (secondary N) is 3. The van der Waals surface area contributed by atoms with Crippen LogP contribution in [0.3, 0.4) is 0 Å². The zero-order chi connectivity index (χ0) is 20.1. The molecule has 1 aromatic heterocycles. The molecule has 144 valence electrons. The number of hydrazine groups is 1. The number of aryl methyl sites for hydroxylation is 2. The Morgan fingerprint density at radius 3 is 2.57 bits per heavy atom. The van der Waals surface area contributed by atoms with Crippen molar-refractivity contribution in [1.82, 2.24) is 31.1 Å². The van der Waals surface area contributed by atoms with E-state index in [2.05, 4.69) is 47.5 Å². The number of carbonyl (C=O) groups excluding carboxylic acids is 1. The van der Waals surface area contributed by atoms with Crippen LogP contribution < -0.4 is 16.2 Å². The van der Waals surface area contributed by atoms with E-state index in [1.54, 1.807) is 0 Å². The molecule has 0 aliphatic rings. The van der Waals surface area contributed by atoms with Crippen molar-refractivity contribution in [3.63, 3.8) is 0 Å². The molecule has 1 amide bonds. The van der Waals surface area contributed by atoms with Gasteiger partial charge in [0.05, 0.1) is 0 Å².